The van der Waals surface area contributed by atoms with Gasteiger partial charge >= 0.3 is 6.03 Å². The van der Waals surface area contributed by atoms with Crippen molar-refractivity contribution in [1.29, 1.82) is 0 Å². The molecule has 0 radical (unpaired) electrons. The lowest BCUT2D eigenvalue weighted by molar-refractivity contribution is 0.157. The Morgan fingerprint density at radius 2 is 2.05 bits per heavy atom. The topological polar surface area (TPSA) is 83.7 Å². The van der Waals surface area contributed by atoms with Crippen LogP contribution in [-0.2, 0) is 17.9 Å². The Morgan fingerprint density at radius 1 is 1.27 bits per heavy atom. The average molecular weight is 304 g/mol. The maximum absolute atomic E-state index is 12.0. The van der Waals surface area contributed by atoms with Crippen LogP contribution in [0, 0.1) is 0 Å². The normalized spacial score (nSPS) is 11.9. The standard InChI is InChI=1S/C16H20N2O4/c1-21-11-14(15-7-4-8-22-15)18-16(20)17-9-12-5-2-3-6-13(12)10-19/h2-8,14,19H,9-11H2,1H3,(H2,17,18,20). The van der Waals surface area contributed by atoms with E-state index in [9.17, 15) is 9.90 Å². The van der Waals surface area contributed by atoms with Crippen LogP contribution in [0.5, 0.6) is 0 Å². The number of rotatable bonds is 7. The molecule has 118 valence electrons. The molecule has 0 aliphatic carbocycles. The van der Waals surface area contributed by atoms with Crippen LogP contribution in [-0.4, -0.2) is 24.9 Å². The first-order chi connectivity index (χ1) is 10.7. The Balaban J connectivity index is 1.91. The number of benzene rings is 1. The smallest absolute Gasteiger partial charge is 0.315 e. The summed E-state index contributed by atoms with van der Waals surface area (Å²) in [6, 6.07) is 10.3. The van der Waals surface area contributed by atoms with Gasteiger partial charge in [0.25, 0.3) is 0 Å². The van der Waals surface area contributed by atoms with E-state index in [1.165, 1.54) is 0 Å². The fourth-order valence-electron chi connectivity index (χ4n) is 2.12. The maximum Gasteiger partial charge on any atom is 0.315 e. The largest absolute Gasteiger partial charge is 0.467 e. The highest BCUT2D eigenvalue weighted by molar-refractivity contribution is 5.74. The van der Waals surface area contributed by atoms with Gasteiger partial charge in [-0.05, 0) is 23.3 Å². The Kier molecular flexibility index (Phi) is 6.00. The van der Waals surface area contributed by atoms with E-state index in [0.717, 1.165) is 11.1 Å². The first-order valence-corrected chi connectivity index (χ1v) is 6.99. The van der Waals surface area contributed by atoms with E-state index in [1.807, 2.05) is 24.3 Å². The predicted molar refractivity (Wildman–Crippen MR) is 81.1 cm³/mol. The SMILES string of the molecule is COCC(NC(=O)NCc1ccccc1CO)c1ccco1. The van der Waals surface area contributed by atoms with Gasteiger partial charge in [-0.25, -0.2) is 4.79 Å². The molecule has 2 aromatic rings. The van der Waals surface area contributed by atoms with Crippen molar-refractivity contribution < 1.29 is 19.1 Å². The number of aliphatic hydroxyl groups is 1. The van der Waals surface area contributed by atoms with E-state index in [2.05, 4.69) is 10.6 Å². The van der Waals surface area contributed by atoms with Crippen molar-refractivity contribution in [3.8, 4) is 0 Å². The van der Waals surface area contributed by atoms with E-state index in [-0.39, 0.29) is 18.7 Å². The Morgan fingerprint density at radius 3 is 2.68 bits per heavy atom. The minimum atomic E-state index is -0.354. The van der Waals surface area contributed by atoms with Gasteiger partial charge in [-0.2, -0.15) is 0 Å². The van der Waals surface area contributed by atoms with Crippen LogP contribution in [0.3, 0.4) is 0 Å². The third-order valence-electron chi connectivity index (χ3n) is 3.25. The van der Waals surface area contributed by atoms with Crippen LogP contribution in [0.15, 0.2) is 47.1 Å². The molecule has 0 spiro atoms. The summed E-state index contributed by atoms with van der Waals surface area (Å²) in [6.07, 6.45) is 1.55. The number of urea groups is 1. The van der Waals surface area contributed by atoms with Gasteiger partial charge in [-0.1, -0.05) is 24.3 Å². The quantitative estimate of drug-likeness (QED) is 0.730. The molecule has 0 bridgehead atoms. The Bertz CT molecular complexity index is 584. The van der Waals surface area contributed by atoms with Crippen molar-refractivity contribution >= 4 is 6.03 Å². The van der Waals surface area contributed by atoms with Crippen molar-refractivity contribution in [3.63, 3.8) is 0 Å². The number of ether oxygens (including phenoxy) is 1. The van der Waals surface area contributed by atoms with E-state index in [1.54, 1.807) is 25.5 Å². The van der Waals surface area contributed by atoms with Crippen LogP contribution in [0.4, 0.5) is 4.79 Å². The molecule has 1 aromatic heterocycles. The molecule has 22 heavy (non-hydrogen) atoms. The molecule has 0 fully saturated rings. The summed E-state index contributed by atoms with van der Waals surface area (Å²) in [5.41, 5.74) is 1.67. The fraction of sp³-hybridized carbons (Fsp3) is 0.312. The molecule has 2 amide bonds. The van der Waals surface area contributed by atoms with E-state index in [0.29, 0.717) is 18.9 Å². The first kappa shape index (κ1) is 16.1. The highest BCUT2D eigenvalue weighted by Gasteiger charge is 2.16. The van der Waals surface area contributed by atoms with Crippen LogP contribution < -0.4 is 10.6 Å². The van der Waals surface area contributed by atoms with Gasteiger partial charge in [0.05, 0.1) is 19.5 Å². The van der Waals surface area contributed by atoms with Gasteiger partial charge in [0.15, 0.2) is 0 Å². The summed E-state index contributed by atoms with van der Waals surface area (Å²) >= 11 is 0. The van der Waals surface area contributed by atoms with Crippen LogP contribution in [0.2, 0.25) is 0 Å². The zero-order valence-corrected chi connectivity index (χ0v) is 12.4. The highest BCUT2D eigenvalue weighted by Crippen LogP contribution is 2.13. The minimum Gasteiger partial charge on any atom is -0.467 e. The van der Waals surface area contributed by atoms with Crippen molar-refractivity contribution in [2.75, 3.05) is 13.7 Å². The zero-order valence-electron chi connectivity index (χ0n) is 12.4. The number of methoxy groups -OCH3 is 1. The predicted octanol–water partition coefficient (Wildman–Crippen LogP) is 1.96. The third kappa shape index (κ3) is 4.34. The summed E-state index contributed by atoms with van der Waals surface area (Å²) < 4.78 is 10.4. The van der Waals surface area contributed by atoms with Crippen LogP contribution in [0.25, 0.3) is 0 Å². The van der Waals surface area contributed by atoms with Crippen molar-refractivity contribution in [2.45, 2.75) is 19.2 Å². The molecule has 1 aromatic carbocycles. The van der Waals surface area contributed by atoms with Crippen molar-refractivity contribution in [3.05, 3.63) is 59.5 Å². The van der Waals surface area contributed by atoms with Gasteiger partial charge in [-0.3, -0.25) is 0 Å². The van der Waals surface area contributed by atoms with E-state index < -0.39 is 0 Å². The van der Waals surface area contributed by atoms with Gasteiger partial charge < -0.3 is 24.9 Å². The maximum atomic E-state index is 12.0. The molecular formula is C16H20N2O4. The lowest BCUT2D eigenvalue weighted by atomic mass is 10.1. The molecule has 0 aliphatic heterocycles. The molecule has 1 unspecified atom stereocenters. The second-order valence-corrected chi connectivity index (χ2v) is 4.78. The average Bonchev–Trinajstić information content (AvgIpc) is 3.07. The molecular weight excluding hydrogens is 284 g/mol. The number of hydrogen-bond donors (Lipinski definition) is 3. The molecule has 1 heterocycles. The Hall–Kier alpha value is -2.31. The number of aliphatic hydroxyl groups excluding tert-OH is 1. The van der Waals surface area contributed by atoms with E-state index >= 15 is 0 Å². The molecule has 6 nitrogen and oxygen atoms in total. The zero-order chi connectivity index (χ0) is 15.8. The molecule has 0 aliphatic rings. The molecule has 0 saturated carbocycles. The molecule has 2 rings (SSSR count). The summed E-state index contributed by atoms with van der Waals surface area (Å²) in [6.45, 7) is 0.590. The second kappa shape index (κ2) is 8.21. The van der Waals surface area contributed by atoms with Gasteiger partial charge in [0.2, 0.25) is 0 Å². The summed E-state index contributed by atoms with van der Waals surface area (Å²) in [5, 5.41) is 14.8. The molecule has 1 atom stereocenters. The summed E-state index contributed by atoms with van der Waals surface area (Å²) in [7, 11) is 1.56. The summed E-state index contributed by atoms with van der Waals surface area (Å²) in [5.74, 6) is 0.632. The monoisotopic (exact) mass is 304 g/mol. The van der Waals surface area contributed by atoms with Gasteiger partial charge in [0, 0.05) is 13.7 Å². The number of nitrogens with one attached hydrogen (secondary N) is 2. The molecule has 0 saturated heterocycles. The number of carbonyl (C=O) groups excluding carboxylic acids is 1. The van der Waals surface area contributed by atoms with Crippen molar-refractivity contribution in [2.24, 2.45) is 0 Å². The minimum absolute atomic E-state index is 0.0574. The molecule has 3 N–H and O–H groups in total. The molecule has 6 heteroatoms. The lowest BCUT2D eigenvalue weighted by Crippen LogP contribution is -2.39. The second-order valence-electron chi connectivity index (χ2n) is 4.78. The number of hydrogen-bond acceptors (Lipinski definition) is 4. The number of amides is 2. The van der Waals surface area contributed by atoms with Crippen molar-refractivity contribution in [1.82, 2.24) is 10.6 Å². The van der Waals surface area contributed by atoms with Crippen LogP contribution in [0.1, 0.15) is 22.9 Å². The number of carbonyl (C=O) groups is 1. The van der Waals surface area contributed by atoms with Crippen LogP contribution >= 0.6 is 0 Å². The summed E-state index contributed by atoms with van der Waals surface area (Å²) in [4.78, 5) is 12.0. The lowest BCUT2D eigenvalue weighted by Gasteiger charge is -2.16. The third-order valence-corrected chi connectivity index (χ3v) is 3.25. The Labute approximate surface area is 129 Å². The van der Waals surface area contributed by atoms with Gasteiger partial charge in [0.1, 0.15) is 11.8 Å². The van der Waals surface area contributed by atoms with E-state index in [4.69, 9.17) is 9.15 Å². The van der Waals surface area contributed by atoms with Gasteiger partial charge in [-0.15, -0.1) is 0 Å². The number of furan rings is 1. The fourth-order valence-corrected chi connectivity index (χ4v) is 2.12. The first-order valence-electron chi connectivity index (χ1n) is 6.99. The highest BCUT2D eigenvalue weighted by atomic mass is 16.5.